The molecule has 0 aromatic rings. The molecule has 33 heavy (non-hydrogen) atoms. The SMILES string of the molecule is CC1(OC(=O)CCl)C2CC3CC(C2)CC1C3.CCC1(OC(=O)CCl)C2CC3CC(C2)CC1C3. The second kappa shape index (κ2) is 9.19. The normalized spacial score (nSPS) is 48.2. The van der Waals surface area contributed by atoms with E-state index in [4.69, 9.17) is 32.7 Å². The Bertz CT molecular complexity index is 709. The molecule has 4 nitrogen and oxygen atoms in total. The van der Waals surface area contributed by atoms with Crippen molar-refractivity contribution in [3.8, 4) is 0 Å². The van der Waals surface area contributed by atoms with Gasteiger partial charge in [-0.1, -0.05) is 6.92 Å². The Hall–Kier alpha value is -0.480. The first-order valence-electron chi connectivity index (χ1n) is 13.3. The Balaban J connectivity index is 0.000000139. The van der Waals surface area contributed by atoms with Crippen molar-refractivity contribution >= 4 is 35.1 Å². The molecule has 8 fully saturated rings. The predicted molar refractivity (Wildman–Crippen MR) is 129 cm³/mol. The summed E-state index contributed by atoms with van der Waals surface area (Å²) in [4.78, 5) is 23.1. The fourth-order valence-electron chi connectivity index (χ4n) is 9.60. The van der Waals surface area contributed by atoms with Crippen molar-refractivity contribution in [2.45, 2.75) is 95.7 Å². The van der Waals surface area contributed by atoms with Gasteiger partial charge in [-0.2, -0.15) is 0 Å². The molecular weight excluding hydrogens is 459 g/mol. The number of alkyl halides is 2. The van der Waals surface area contributed by atoms with Crippen molar-refractivity contribution in [2.75, 3.05) is 11.8 Å². The van der Waals surface area contributed by atoms with Crippen LogP contribution in [0, 0.1) is 47.3 Å². The molecule has 186 valence electrons. The molecule has 8 rings (SSSR count). The van der Waals surface area contributed by atoms with E-state index in [1.165, 1.54) is 64.2 Å². The van der Waals surface area contributed by atoms with Crippen molar-refractivity contribution in [1.82, 2.24) is 0 Å². The molecule has 8 saturated carbocycles. The van der Waals surface area contributed by atoms with E-state index in [2.05, 4.69) is 13.8 Å². The average molecular weight is 500 g/mol. The predicted octanol–water partition coefficient (Wildman–Crippen LogP) is 6.36. The molecule has 6 heteroatoms. The van der Waals surface area contributed by atoms with Gasteiger partial charge in [-0.3, -0.25) is 9.59 Å². The fraction of sp³-hybridized carbons (Fsp3) is 0.926. The maximum absolute atomic E-state index is 11.6. The highest BCUT2D eigenvalue weighted by Gasteiger charge is 2.59. The van der Waals surface area contributed by atoms with Crippen LogP contribution in [0.1, 0.15) is 84.5 Å². The van der Waals surface area contributed by atoms with Crippen molar-refractivity contribution in [3.63, 3.8) is 0 Å². The third-order valence-electron chi connectivity index (χ3n) is 10.7. The Morgan fingerprint density at radius 1 is 0.667 bits per heavy atom. The number of rotatable bonds is 5. The van der Waals surface area contributed by atoms with Crippen LogP contribution < -0.4 is 0 Å². The first-order valence-corrected chi connectivity index (χ1v) is 14.4. The van der Waals surface area contributed by atoms with Crippen molar-refractivity contribution in [1.29, 1.82) is 0 Å². The largest absolute Gasteiger partial charge is 0.458 e. The summed E-state index contributed by atoms with van der Waals surface area (Å²) in [7, 11) is 0. The molecule has 0 N–H and O–H groups in total. The first-order chi connectivity index (χ1) is 15.8. The lowest BCUT2D eigenvalue weighted by Crippen LogP contribution is -2.59. The summed E-state index contributed by atoms with van der Waals surface area (Å²) >= 11 is 11.2. The quantitative estimate of drug-likeness (QED) is 0.327. The van der Waals surface area contributed by atoms with Crippen molar-refractivity contribution in [3.05, 3.63) is 0 Å². The van der Waals surface area contributed by atoms with Gasteiger partial charge in [0.15, 0.2) is 0 Å². The molecule has 0 radical (unpaired) electrons. The van der Waals surface area contributed by atoms with Gasteiger partial charge in [0.2, 0.25) is 0 Å². The minimum absolute atomic E-state index is 0.00591. The van der Waals surface area contributed by atoms with Gasteiger partial charge < -0.3 is 9.47 Å². The van der Waals surface area contributed by atoms with Crippen LogP contribution in [0.4, 0.5) is 0 Å². The number of ether oxygens (including phenoxy) is 2. The van der Waals surface area contributed by atoms with Gasteiger partial charge in [-0.25, -0.2) is 0 Å². The summed E-state index contributed by atoms with van der Waals surface area (Å²) in [6.45, 7) is 4.31. The lowest BCUT2D eigenvalue weighted by molar-refractivity contribution is -0.208. The molecule has 0 atom stereocenters. The van der Waals surface area contributed by atoms with Gasteiger partial charge in [0, 0.05) is 0 Å². The molecule has 8 aliphatic carbocycles. The van der Waals surface area contributed by atoms with E-state index >= 15 is 0 Å². The molecule has 0 spiro atoms. The summed E-state index contributed by atoms with van der Waals surface area (Å²) in [6, 6.07) is 0. The van der Waals surface area contributed by atoms with Crippen LogP contribution in [0.15, 0.2) is 0 Å². The summed E-state index contributed by atoms with van der Waals surface area (Å²) in [6.07, 6.45) is 14.0. The van der Waals surface area contributed by atoms with Gasteiger partial charge >= 0.3 is 11.9 Å². The molecule has 0 heterocycles. The van der Waals surface area contributed by atoms with Crippen LogP contribution in [0.5, 0.6) is 0 Å². The zero-order valence-electron chi connectivity index (χ0n) is 20.2. The fourth-order valence-corrected chi connectivity index (χ4v) is 9.71. The molecule has 0 saturated heterocycles. The maximum Gasteiger partial charge on any atom is 0.321 e. The van der Waals surface area contributed by atoms with Crippen LogP contribution >= 0.6 is 23.2 Å². The smallest absolute Gasteiger partial charge is 0.321 e. The van der Waals surface area contributed by atoms with E-state index in [0.29, 0.717) is 23.7 Å². The van der Waals surface area contributed by atoms with Gasteiger partial charge in [0.1, 0.15) is 23.0 Å². The van der Waals surface area contributed by atoms with E-state index in [0.717, 1.165) is 30.1 Å². The minimum atomic E-state index is -0.239. The van der Waals surface area contributed by atoms with Gasteiger partial charge in [0.25, 0.3) is 0 Å². The van der Waals surface area contributed by atoms with E-state index in [1.54, 1.807) is 0 Å². The zero-order chi connectivity index (χ0) is 23.4. The van der Waals surface area contributed by atoms with Gasteiger partial charge in [0.05, 0.1) is 0 Å². The van der Waals surface area contributed by atoms with Crippen molar-refractivity contribution in [2.24, 2.45) is 47.3 Å². The Kier molecular flexibility index (Phi) is 6.75. The lowest BCUT2D eigenvalue weighted by atomic mass is 9.49. The molecular formula is C27H40Cl2O4. The van der Waals surface area contributed by atoms with E-state index in [1.807, 2.05) is 0 Å². The van der Waals surface area contributed by atoms with Crippen molar-refractivity contribution < 1.29 is 19.1 Å². The zero-order valence-corrected chi connectivity index (χ0v) is 21.7. The summed E-state index contributed by atoms with van der Waals surface area (Å²) < 4.78 is 11.5. The Morgan fingerprint density at radius 2 is 1.03 bits per heavy atom. The highest BCUT2D eigenvalue weighted by molar-refractivity contribution is 6.26. The first kappa shape index (κ1) is 24.2. The number of halogens is 2. The van der Waals surface area contributed by atoms with Gasteiger partial charge in [-0.15, -0.1) is 23.2 Å². The number of carbonyl (C=O) groups is 2. The van der Waals surface area contributed by atoms with E-state index in [-0.39, 0.29) is 34.9 Å². The van der Waals surface area contributed by atoms with Crippen LogP contribution in [-0.2, 0) is 19.1 Å². The summed E-state index contributed by atoms with van der Waals surface area (Å²) in [5.41, 5.74) is -0.376. The summed E-state index contributed by atoms with van der Waals surface area (Å²) in [5.74, 6) is 5.56. The third kappa shape index (κ3) is 4.24. The lowest BCUT2D eigenvalue weighted by Gasteiger charge is -2.60. The highest BCUT2D eigenvalue weighted by atomic mass is 35.5. The highest BCUT2D eigenvalue weighted by Crippen LogP contribution is 2.61. The standard InChI is InChI=1S/C14H21ClO2.C13H19ClO2/c1-2-14(17-13(16)8-15)11-4-9-3-10(6-11)7-12(14)5-9;1-13(16-12(15)7-14)10-3-8-2-9(5-10)6-11(13)4-8/h9-12H,2-8H2,1H3;8-11H,2-7H2,1H3. The second-order valence-corrected chi connectivity index (χ2v) is 12.9. The molecule has 0 amide bonds. The number of carbonyl (C=O) groups excluding carboxylic acids is 2. The topological polar surface area (TPSA) is 52.6 Å². The molecule has 0 aliphatic heterocycles. The molecule has 0 aromatic heterocycles. The minimum Gasteiger partial charge on any atom is -0.458 e. The van der Waals surface area contributed by atoms with E-state index in [9.17, 15) is 9.59 Å². The number of hydrogen-bond donors (Lipinski definition) is 0. The average Bonchev–Trinajstić information content (AvgIpc) is 2.79. The number of esters is 2. The maximum atomic E-state index is 11.6. The number of hydrogen-bond acceptors (Lipinski definition) is 4. The Labute approximate surface area is 208 Å². The van der Waals surface area contributed by atoms with Crippen LogP contribution in [0.25, 0.3) is 0 Å². The van der Waals surface area contributed by atoms with Crippen LogP contribution in [-0.4, -0.2) is 34.9 Å². The van der Waals surface area contributed by atoms with Crippen LogP contribution in [0.3, 0.4) is 0 Å². The molecule has 0 aromatic carbocycles. The molecule has 8 aliphatic rings. The monoisotopic (exact) mass is 498 g/mol. The van der Waals surface area contributed by atoms with Gasteiger partial charge in [-0.05, 0) is 125 Å². The second-order valence-electron chi connectivity index (χ2n) is 12.3. The molecule has 8 bridgehead atoms. The van der Waals surface area contributed by atoms with Crippen LogP contribution in [0.2, 0.25) is 0 Å². The third-order valence-corrected chi connectivity index (χ3v) is 11.1. The summed E-state index contributed by atoms with van der Waals surface area (Å²) in [5, 5.41) is 0. The Morgan fingerprint density at radius 3 is 1.39 bits per heavy atom. The molecule has 0 unspecified atom stereocenters. The van der Waals surface area contributed by atoms with E-state index < -0.39 is 0 Å².